The molecule has 0 unspecified atom stereocenters. The highest BCUT2D eigenvalue weighted by Crippen LogP contribution is 2.36. The number of hydrogen-bond acceptors (Lipinski definition) is 4. The average Bonchev–Trinajstić information content (AvgIpc) is 2.65. The number of alkyl halides is 3. The van der Waals surface area contributed by atoms with Crippen LogP contribution >= 0.6 is 0 Å². The van der Waals surface area contributed by atoms with Gasteiger partial charge in [-0.2, -0.15) is 18.2 Å². The normalized spacial score (nSPS) is 11.3. The van der Waals surface area contributed by atoms with Crippen LogP contribution in [0.25, 0.3) is 0 Å². The molecule has 0 spiro atoms. The fourth-order valence-corrected chi connectivity index (χ4v) is 2.35. The number of aromatic nitrogens is 2. The summed E-state index contributed by atoms with van der Waals surface area (Å²) in [5.74, 6) is -1.11. The number of nitrogens with zero attached hydrogens (tertiary/aromatic N) is 3. The minimum atomic E-state index is -4.66. The van der Waals surface area contributed by atoms with Gasteiger partial charge in [0.2, 0.25) is 11.8 Å². The Hall–Kier alpha value is -3.16. The van der Waals surface area contributed by atoms with Crippen molar-refractivity contribution in [3.63, 3.8) is 0 Å². The second-order valence-electron chi connectivity index (χ2n) is 5.70. The molecule has 0 aliphatic carbocycles. The Bertz CT molecular complexity index is 916. The molecule has 140 valence electrons. The first kappa shape index (κ1) is 18.6. The van der Waals surface area contributed by atoms with Gasteiger partial charge >= 0.3 is 6.18 Å². The van der Waals surface area contributed by atoms with Gasteiger partial charge in [0.25, 0.3) is 0 Å². The van der Waals surface area contributed by atoms with Crippen LogP contribution in [0.2, 0.25) is 0 Å². The van der Waals surface area contributed by atoms with Gasteiger partial charge in [-0.25, -0.2) is 9.37 Å². The van der Waals surface area contributed by atoms with E-state index in [1.54, 1.807) is 36.4 Å². The summed E-state index contributed by atoms with van der Waals surface area (Å²) < 4.78 is 58.5. The summed E-state index contributed by atoms with van der Waals surface area (Å²) in [7, 11) is 1.53. The lowest BCUT2D eigenvalue weighted by atomic mass is 10.2. The van der Waals surface area contributed by atoms with Gasteiger partial charge in [-0.1, -0.05) is 36.4 Å². The number of hydrogen-bond donors (Lipinski definition) is 0. The van der Waals surface area contributed by atoms with Gasteiger partial charge in [0.15, 0.2) is 0 Å². The highest BCUT2D eigenvalue weighted by Gasteiger charge is 2.36. The van der Waals surface area contributed by atoms with Crippen molar-refractivity contribution < 1.29 is 22.3 Å². The summed E-state index contributed by atoms with van der Waals surface area (Å²) >= 11 is 0. The summed E-state index contributed by atoms with van der Waals surface area (Å²) in [5.41, 5.74) is 0.0165. The summed E-state index contributed by atoms with van der Waals surface area (Å²) in [6.45, 7) is -0.0793. The van der Waals surface area contributed by atoms with Crippen molar-refractivity contribution in [3.05, 3.63) is 77.7 Å². The summed E-state index contributed by atoms with van der Waals surface area (Å²) in [5, 5.41) is 0. The van der Waals surface area contributed by atoms with Gasteiger partial charge in [0.1, 0.15) is 18.0 Å². The Morgan fingerprint density at radius 2 is 1.78 bits per heavy atom. The van der Waals surface area contributed by atoms with Gasteiger partial charge < -0.3 is 9.64 Å². The van der Waals surface area contributed by atoms with Crippen molar-refractivity contribution in [2.45, 2.75) is 12.8 Å². The number of benzene rings is 2. The Morgan fingerprint density at radius 3 is 2.44 bits per heavy atom. The van der Waals surface area contributed by atoms with E-state index in [2.05, 4.69) is 9.97 Å². The lowest BCUT2D eigenvalue weighted by molar-refractivity contribution is -0.139. The lowest BCUT2D eigenvalue weighted by Gasteiger charge is -2.19. The van der Waals surface area contributed by atoms with Crippen LogP contribution in [0, 0.1) is 5.82 Å². The predicted molar refractivity (Wildman–Crippen MR) is 92.3 cm³/mol. The third-order valence-electron chi connectivity index (χ3n) is 3.76. The summed E-state index contributed by atoms with van der Waals surface area (Å²) in [6, 6.07) is 14.3. The standard InChI is InChI=1S/C19H15F4N3O/c1-26(15-9-5-8-14(20)10-15)18-24-11-16(19(21,22)23)17(25-18)27-12-13-6-3-2-4-7-13/h2-11H,12H2,1H3. The van der Waals surface area contributed by atoms with Crippen LogP contribution in [-0.4, -0.2) is 17.0 Å². The third-order valence-corrected chi connectivity index (χ3v) is 3.76. The van der Waals surface area contributed by atoms with Crippen molar-refractivity contribution in [1.82, 2.24) is 9.97 Å². The molecular formula is C19H15F4N3O. The first-order valence-corrected chi connectivity index (χ1v) is 7.95. The molecule has 0 saturated heterocycles. The first-order valence-electron chi connectivity index (χ1n) is 7.95. The molecule has 0 aliphatic rings. The average molecular weight is 377 g/mol. The molecule has 3 rings (SSSR count). The molecule has 4 nitrogen and oxygen atoms in total. The molecule has 0 aliphatic heterocycles. The number of rotatable bonds is 5. The number of anilines is 2. The lowest BCUT2D eigenvalue weighted by Crippen LogP contribution is -2.17. The molecular weight excluding hydrogens is 362 g/mol. The Morgan fingerprint density at radius 1 is 1.04 bits per heavy atom. The second-order valence-corrected chi connectivity index (χ2v) is 5.70. The van der Waals surface area contributed by atoms with Crippen LogP contribution in [0.5, 0.6) is 5.88 Å². The maximum absolute atomic E-state index is 13.4. The van der Waals surface area contributed by atoms with Crippen molar-refractivity contribution in [2.75, 3.05) is 11.9 Å². The highest BCUT2D eigenvalue weighted by atomic mass is 19.4. The predicted octanol–water partition coefficient (Wildman–Crippen LogP) is 4.98. The van der Waals surface area contributed by atoms with Crippen LogP contribution in [0.4, 0.5) is 29.2 Å². The van der Waals surface area contributed by atoms with E-state index in [4.69, 9.17) is 4.74 Å². The highest BCUT2D eigenvalue weighted by molar-refractivity contribution is 5.56. The second kappa shape index (κ2) is 7.61. The minimum absolute atomic E-state index is 0.0448. The molecule has 1 heterocycles. The summed E-state index contributed by atoms with van der Waals surface area (Å²) in [6.07, 6.45) is -4.00. The SMILES string of the molecule is CN(c1cccc(F)c1)c1ncc(C(F)(F)F)c(OCc2ccccc2)n1. The molecule has 0 N–H and O–H groups in total. The van der Waals surface area contributed by atoms with E-state index in [-0.39, 0.29) is 12.6 Å². The fourth-order valence-electron chi connectivity index (χ4n) is 2.35. The fraction of sp³-hybridized carbons (Fsp3) is 0.158. The summed E-state index contributed by atoms with van der Waals surface area (Å²) in [4.78, 5) is 9.04. The van der Waals surface area contributed by atoms with Gasteiger partial charge in [0.05, 0.1) is 0 Å². The zero-order valence-electron chi connectivity index (χ0n) is 14.2. The van der Waals surface area contributed by atoms with Crippen molar-refractivity contribution >= 4 is 11.6 Å². The molecule has 0 amide bonds. The Labute approximate surface area is 153 Å². The van der Waals surface area contributed by atoms with E-state index >= 15 is 0 Å². The van der Waals surface area contributed by atoms with E-state index in [1.165, 1.54) is 30.1 Å². The monoisotopic (exact) mass is 377 g/mol. The zero-order chi connectivity index (χ0) is 19.4. The molecule has 8 heteroatoms. The van der Waals surface area contributed by atoms with Crippen LogP contribution in [-0.2, 0) is 12.8 Å². The molecule has 27 heavy (non-hydrogen) atoms. The van der Waals surface area contributed by atoms with Crippen LogP contribution in [0.3, 0.4) is 0 Å². The molecule has 0 atom stereocenters. The van der Waals surface area contributed by atoms with E-state index in [0.29, 0.717) is 17.4 Å². The van der Waals surface area contributed by atoms with Gasteiger partial charge in [-0.05, 0) is 23.8 Å². The van der Waals surface area contributed by atoms with Crippen LogP contribution in [0.1, 0.15) is 11.1 Å². The van der Waals surface area contributed by atoms with Gasteiger partial charge in [0, 0.05) is 18.9 Å². The minimum Gasteiger partial charge on any atom is -0.472 e. The molecule has 0 saturated carbocycles. The maximum atomic E-state index is 13.4. The zero-order valence-corrected chi connectivity index (χ0v) is 14.2. The molecule has 0 fully saturated rings. The van der Waals surface area contributed by atoms with E-state index in [0.717, 1.165) is 0 Å². The molecule has 3 aromatic rings. The molecule has 0 radical (unpaired) electrons. The van der Waals surface area contributed by atoms with Crippen molar-refractivity contribution in [2.24, 2.45) is 0 Å². The first-order chi connectivity index (χ1) is 12.8. The number of ether oxygens (including phenoxy) is 1. The third kappa shape index (κ3) is 4.52. The van der Waals surface area contributed by atoms with Gasteiger partial charge in [-0.15, -0.1) is 0 Å². The molecule has 1 aromatic heterocycles. The van der Waals surface area contributed by atoms with E-state index in [9.17, 15) is 17.6 Å². The van der Waals surface area contributed by atoms with Crippen LogP contribution < -0.4 is 9.64 Å². The molecule has 2 aromatic carbocycles. The largest absolute Gasteiger partial charge is 0.472 e. The van der Waals surface area contributed by atoms with E-state index < -0.39 is 23.4 Å². The van der Waals surface area contributed by atoms with Crippen molar-refractivity contribution in [3.8, 4) is 5.88 Å². The Balaban J connectivity index is 1.92. The Kier molecular flexibility index (Phi) is 5.25. The molecule has 0 bridgehead atoms. The smallest absolute Gasteiger partial charge is 0.423 e. The van der Waals surface area contributed by atoms with Crippen LogP contribution in [0.15, 0.2) is 60.8 Å². The number of halogens is 4. The maximum Gasteiger partial charge on any atom is 0.423 e. The topological polar surface area (TPSA) is 38.2 Å². The quantitative estimate of drug-likeness (QED) is 0.588. The van der Waals surface area contributed by atoms with Gasteiger partial charge in [-0.3, -0.25) is 0 Å². The van der Waals surface area contributed by atoms with Crippen molar-refractivity contribution in [1.29, 1.82) is 0 Å². The van der Waals surface area contributed by atoms with E-state index in [1.807, 2.05) is 0 Å².